The highest BCUT2D eigenvalue weighted by Gasteiger charge is 2.25. The normalized spacial score (nSPS) is 15.9. The minimum atomic E-state index is -0.194. The van der Waals surface area contributed by atoms with Crippen LogP contribution in [0.5, 0.6) is 11.5 Å². The lowest BCUT2D eigenvalue weighted by atomic mass is 9.95. The first-order valence-electron chi connectivity index (χ1n) is 11.8. The van der Waals surface area contributed by atoms with Gasteiger partial charge in [0.25, 0.3) is 0 Å². The molecule has 2 heterocycles. The molecule has 0 aliphatic carbocycles. The zero-order valence-electron chi connectivity index (χ0n) is 19.0. The Morgan fingerprint density at radius 2 is 1.73 bits per heavy atom. The van der Waals surface area contributed by atoms with E-state index in [2.05, 4.69) is 10.2 Å². The molecule has 168 valence electrons. The van der Waals surface area contributed by atoms with Crippen molar-refractivity contribution in [1.29, 1.82) is 0 Å². The number of hydrogen-bond donors (Lipinski definition) is 1. The van der Waals surface area contributed by atoms with Crippen LogP contribution in [0.4, 0.5) is 11.4 Å². The van der Waals surface area contributed by atoms with E-state index in [-0.39, 0.29) is 11.8 Å². The SMILES string of the molecule is CC[C@@H](C(=O)Nc1ccc2c(c1)C(N1CCCCC1)=Nc1ccccc1O2)c1ccccc1. The van der Waals surface area contributed by atoms with Crippen LogP contribution in [0.25, 0.3) is 0 Å². The van der Waals surface area contributed by atoms with Gasteiger partial charge in [0.05, 0.1) is 11.5 Å². The second-order valence-electron chi connectivity index (χ2n) is 8.62. The molecule has 0 saturated carbocycles. The Kier molecular flexibility index (Phi) is 6.11. The Morgan fingerprint density at radius 1 is 0.970 bits per heavy atom. The van der Waals surface area contributed by atoms with Gasteiger partial charge < -0.3 is 15.0 Å². The largest absolute Gasteiger partial charge is 0.454 e. The number of anilines is 1. The van der Waals surface area contributed by atoms with Crippen molar-refractivity contribution in [2.24, 2.45) is 4.99 Å². The van der Waals surface area contributed by atoms with Gasteiger partial charge in [0, 0.05) is 18.8 Å². The molecule has 1 fully saturated rings. The summed E-state index contributed by atoms with van der Waals surface area (Å²) in [5, 5.41) is 3.14. The number of fused-ring (bicyclic) bond motifs is 2. The summed E-state index contributed by atoms with van der Waals surface area (Å²) in [5.74, 6) is 2.23. The second-order valence-corrected chi connectivity index (χ2v) is 8.62. The molecule has 2 aliphatic heterocycles. The molecule has 0 aromatic heterocycles. The summed E-state index contributed by atoms with van der Waals surface area (Å²) in [6.07, 6.45) is 4.29. The average Bonchev–Trinajstić information content (AvgIpc) is 3.02. The van der Waals surface area contributed by atoms with Crippen LogP contribution < -0.4 is 10.1 Å². The lowest BCUT2D eigenvalue weighted by Gasteiger charge is -2.30. The van der Waals surface area contributed by atoms with Crippen molar-refractivity contribution in [2.45, 2.75) is 38.5 Å². The number of amidine groups is 1. The van der Waals surface area contributed by atoms with Gasteiger partial charge >= 0.3 is 0 Å². The Labute approximate surface area is 195 Å². The van der Waals surface area contributed by atoms with Crippen LogP contribution in [0, 0.1) is 0 Å². The van der Waals surface area contributed by atoms with Crippen molar-refractivity contribution in [3.8, 4) is 11.5 Å². The standard InChI is InChI=1S/C28H29N3O2/c1-2-22(20-11-5-3-6-12-20)28(32)29-21-15-16-25-23(19-21)27(31-17-9-4-10-18-31)30-24-13-7-8-14-26(24)33-25/h3,5-8,11-16,19,22H,2,4,9-10,17-18H2,1H3,(H,29,32)/t22-/m1/s1. The Balaban J connectivity index is 1.49. The maximum Gasteiger partial charge on any atom is 0.231 e. The van der Waals surface area contributed by atoms with E-state index in [1.54, 1.807) is 0 Å². The fourth-order valence-corrected chi connectivity index (χ4v) is 4.63. The molecule has 0 bridgehead atoms. The molecule has 33 heavy (non-hydrogen) atoms. The summed E-state index contributed by atoms with van der Waals surface area (Å²) in [6, 6.07) is 23.7. The third-order valence-electron chi connectivity index (χ3n) is 6.38. The molecule has 5 rings (SSSR count). The summed E-state index contributed by atoms with van der Waals surface area (Å²) >= 11 is 0. The second kappa shape index (κ2) is 9.49. The van der Waals surface area contributed by atoms with Crippen molar-refractivity contribution in [3.05, 3.63) is 83.9 Å². The van der Waals surface area contributed by atoms with Crippen molar-refractivity contribution < 1.29 is 9.53 Å². The number of carbonyl (C=O) groups is 1. The monoisotopic (exact) mass is 439 g/mol. The van der Waals surface area contributed by atoms with Crippen LogP contribution in [0.2, 0.25) is 0 Å². The van der Waals surface area contributed by atoms with E-state index in [0.717, 1.165) is 72.2 Å². The van der Waals surface area contributed by atoms with Crippen molar-refractivity contribution in [2.75, 3.05) is 18.4 Å². The summed E-state index contributed by atoms with van der Waals surface area (Å²) in [4.78, 5) is 20.5. The molecule has 5 heteroatoms. The van der Waals surface area contributed by atoms with Crippen molar-refractivity contribution in [1.82, 2.24) is 4.90 Å². The first-order valence-corrected chi connectivity index (χ1v) is 11.8. The van der Waals surface area contributed by atoms with Crippen LogP contribution >= 0.6 is 0 Å². The molecule has 0 unspecified atom stereocenters. The molecule has 1 atom stereocenters. The number of carbonyl (C=O) groups excluding carboxylic acids is 1. The lowest BCUT2D eigenvalue weighted by Crippen LogP contribution is -2.36. The highest BCUT2D eigenvalue weighted by Crippen LogP contribution is 2.39. The topological polar surface area (TPSA) is 53.9 Å². The molecule has 3 aromatic rings. The first-order chi connectivity index (χ1) is 16.2. The number of ether oxygens (including phenoxy) is 1. The maximum atomic E-state index is 13.2. The van der Waals surface area contributed by atoms with E-state index in [1.807, 2.05) is 79.7 Å². The van der Waals surface area contributed by atoms with E-state index in [4.69, 9.17) is 9.73 Å². The van der Waals surface area contributed by atoms with E-state index < -0.39 is 0 Å². The molecule has 0 spiro atoms. The number of aliphatic imine (C=N–C) groups is 1. The number of nitrogens with zero attached hydrogens (tertiary/aromatic N) is 2. The quantitative estimate of drug-likeness (QED) is 0.506. The smallest absolute Gasteiger partial charge is 0.231 e. The number of piperidine rings is 1. The molecule has 3 aromatic carbocycles. The number of amides is 1. The third-order valence-corrected chi connectivity index (χ3v) is 6.38. The molecule has 1 N–H and O–H groups in total. The maximum absolute atomic E-state index is 13.2. The number of nitrogens with one attached hydrogen (secondary N) is 1. The van der Waals surface area contributed by atoms with E-state index >= 15 is 0 Å². The van der Waals surface area contributed by atoms with Gasteiger partial charge in [-0.15, -0.1) is 0 Å². The Morgan fingerprint density at radius 3 is 2.52 bits per heavy atom. The molecule has 1 saturated heterocycles. The highest BCUT2D eigenvalue weighted by molar-refractivity contribution is 6.05. The molecule has 1 amide bonds. The predicted molar refractivity (Wildman–Crippen MR) is 133 cm³/mol. The van der Waals surface area contributed by atoms with E-state index in [0.29, 0.717) is 0 Å². The van der Waals surface area contributed by atoms with Gasteiger partial charge in [-0.05, 0) is 61.6 Å². The minimum absolute atomic E-state index is 0.00191. The van der Waals surface area contributed by atoms with E-state index in [1.165, 1.54) is 6.42 Å². The first kappa shape index (κ1) is 21.3. The number of likely N-dealkylation sites (tertiary alicyclic amines) is 1. The minimum Gasteiger partial charge on any atom is -0.454 e. The summed E-state index contributed by atoms with van der Waals surface area (Å²) in [6.45, 7) is 3.99. The van der Waals surface area contributed by atoms with Crippen molar-refractivity contribution in [3.63, 3.8) is 0 Å². The van der Waals surface area contributed by atoms with Crippen LogP contribution in [-0.4, -0.2) is 29.7 Å². The van der Waals surface area contributed by atoms with Gasteiger partial charge in [0.2, 0.25) is 5.91 Å². The zero-order valence-corrected chi connectivity index (χ0v) is 19.0. The van der Waals surface area contributed by atoms with Gasteiger partial charge in [0.15, 0.2) is 5.75 Å². The molecular weight excluding hydrogens is 410 g/mol. The molecule has 0 radical (unpaired) electrons. The van der Waals surface area contributed by atoms with Crippen LogP contribution in [0.15, 0.2) is 77.8 Å². The zero-order chi connectivity index (χ0) is 22.6. The van der Waals surface area contributed by atoms with Gasteiger partial charge in [-0.1, -0.05) is 49.4 Å². The fraction of sp³-hybridized carbons (Fsp3) is 0.286. The molecule has 2 aliphatic rings. The van der Waals surface area contributed by atoms with Gasteiger partial charge in [-0.2, -0.15) is 0 Å². The number of hydrogen-bond acceptors (Lipinski definition) is 4. The molecular formula is C28H29N3O2. The fourth-order valence-electron chi connectivity index (χ4n) is 4.63. The lowest BCUT2D eigenvalue weighted by molar-refractivity contribution is -0.117. The highest BCUT2D eigenvalue weighted by atomic mass is 16.5. The summed E-state index contributed by atoms with van der Waals surface area (Å²) in [5.41, 5.74) is 3.53. The van der Waals surface area contributed by atoms with Crippen LogP contribution in [0.3, 0.4) is 0 Å². The summed E-state index contributed by atoms with van der Waals surface area (Å²) < 4.78 is 6.27. The Hall–Kier alpha value is -3.60. The van der Waals surface area contributed by atoms with Crippen molar-refractivity contribution >= 4 is 23.1 Å². The van der Waals surface area contributed by atoms with Gasteiger partial charge in [-0.3, -0.25) is 4.79 Å². The average molecular weight is 440 g/mol. The molecule has 5 nitrogen and oxygen atoms in total. The number of para-hydroxylation sites is 2. The Bertz CT molecular complexity index is 1170. The van der Waals surface area contributed by atoms with Gasteiger partial charge in [-0.25, -0.2) is 4.99 Å². The number of benzene rings is 3. The van der Waals surface area contributed by atoms with Gasteiger partial charge in [0.1, 0.15) is 17.3 Å². The third kappa shape index (κ3) is 4.49. The van der Waals surface area contributed by atoms with Crippen LogP contribution in [0.1, 0.15) is 49.7 Å². The van der Waals surface area contributed by atoms with Crippen LogP contribution in [-0.2, 0) is 4.79 Å². The number of rotatable bonds is 4. The summed E-state index contributed by atoms with van der Waals surface area (Å²) in [7, 11) is 0. The van der Waals surface area contributed by atoms with E-state index in [9.17, 15) is 4.79 Å². The predicted octanol–water partition coefficient (Wildman–Crippen LogP) is 6.49.